The van der Waals surface area contributed by atoms with Crippen LogP contribution in [0, 0.1) is 0 Å². The van der Waals surface area contributed by atoms with E-state index in [2.05, 4.69) is 15.5 Å². The van der Waals surface area contributed by atoms with Gasteiger partial charge in [-0.25, -0.2) is 0 Å². The van der Waals surface area contributed by atoms with Crippen LogP contribution in [-0.2, 0) is 10.8 Å². The number of aromatic nitrogens is 2. The van der Waals surface area contributed by atoms with Crippen molar-refractivity contribution in [1.29, 1.82) is 0 Å². The molecule has 2 atom stereocenters. The van der Waals surface area contributed by atoms with Crippen molar-refractivity contribution in [2.24, 2.45) is 0 Å². The largest absolute Gasteiger partial charge is 0.365 e. The smallest absolute Gasteiger partial charge is 0.148 e. The van der Waals surface area contributed by atoms with E-state index in [4.69, 9.17) is 0 Å². The fourth-order valence-electron chi connectivity index (χ4n) is 1.02. The maximum Gasteiger partial charge on any atom is 0.148 e. The van der Waals surface area contributed by atoms with Gasteiger partial charge in [-0.15, -0.1) is 5.10 Å². The molecule has 0 bridgehead atoms. The highest BCUT2D eigenvalue weighted by Gasteiger charge is 2.04. The van der Waals surface area contributed by atoms with E-state index in [1.54, 1.807) is 12.5 Å². The molecule has 13 heavy (non-hydrogen) atoms. The summed E-state index contributed by atoms with van der Waals surface area (Å²) in [6, 6.07) is 3.80. The molecular formula is C8H13N3OS. The van der Waals surface area contributed by atoms with Crippen molar-refractivity contribution in [3.8, 4) is 0 Å². The van der Waals surface area contributed by atoms with Crippen molar-refractivity contribution in [2.75, 3.05) is 17.3 Å². The van der Waals surface area contributed by atoms with Gasteiger partial charge in [-0.2, -0.15) is 5.10 Å². The highest BCUT2D eigenvalue weighted by atomic mass is 32.2. The molecule has 4 nitrogen and oxygen atoms in total. The molecule has 0 aliphatic carbocycles. The Kier molecular flexibility index (Phi) is 3.82. The molecule has 1 aromatic heterocycles. The van der Waals surface area contributed by atoms with Crippen molar-refractivity contribution in [3.63, 3.8) is 0 Å². The number of rotatable bonds is 4. The fraction of sp³-hybridized carbons (Fsp3) is 0.500. The Morgan fingerprint density at radius 2 is 2.46 bits per heavy atom. The van der Waals surface area contributed by atoms with Crippen LogP contribution in [0.25, 0.3) is 0 Å². The summed E-state index contributed by atoms with van der Waals surface area (Å²) in [5.74, 6) is 1.34. The minimum atomic E-state index is -0.780. The maximum atomic E-state index is 10.9. The van der Waals surface area contributed by atoms with Crippen molar-refractivity contribution < 1.29 is 4.21 Å². The molecule has 0 aromatic carbocycles. The van der Waals surface area contributed by atoms with E-state index < -0.39 is 10.8 Å². The van der Waals surface area contributed by atoms with Gasteiger partial charge in [-0.1, -0.05) is 0 Å². The van der Waals surface area contributed by atoms with Gasteiger partial charge in [-0.3, -0.25) is 4.21 Å². The Morgan fingerprint density at radius 1 is 1.69 bits per heavy atom. The van der Waals surface area contributed by atoms with Gasteiger partial charge < -0.3 is 5.32 Å². The molecule has 1 heterocycles. The molecule has 0 fully saturated rings. The van der Waals surface area contributed by atoms with E-state index in [1.807, 2.05) is 19.1 Å². The van der Waals surface area contributed by atoms with E-state index in [0.29, 0.717) is 5.75 Å². The summed E-state index contributed by atoms with van der Waals surface area (Å²) < 4.78 is 10.9. The topological polar surface area (TPSA) is 54.9 Å². The third-order valence-corrected chi connectivity index (χ3v) is 2.42. The Morgan fingerprint density at radius 3 is 3.00 bits per heavy atom. The SMILES string of the molecule is CC(CS(C)=O)Nc1cccnn1. The van der Waals surface area contributed by atoms with Crippen molar-refractivity contribution >= 4 is 16.6 Å². The van der Waals surface area contributed by atoms with Gasteiger partial charge in [0.2, 0.25) is 0 Å². The van der Waals surface area contributed by atoms with Crippen LogP contribution in [0.1, 0.15) is 6.92 Å². The molecule has 0 aliphatic rings. The summed E-state index contributed by atoms with van der Waals surface area (Å²) >= 11 is 0. The van der Waals surface area contributed by atoms with Crippen LogP contribution in [0.15, 0.2) is 18.3 Å². The molecule has 0 aliphatic heterocycles. The van der Waals surface area contributed by atoms with Crippen LogP contribution >= 0.6 is 0 Å². The van der Waals surface area contributed by atoms with Gasteiger partial charge in [-0.05, 0) is 19.1 Å². The molecule has 1 aromatic rings. The van der Waals surface area contributed by atoms with Crippen LogP contribution in [0.2, 0.25) is 0 Å². The summed E-state index contributed by atoms with van der Waals surface area (Å²) in [6.07, 6.45) is 3.31. The molecule has 0 amide bonds. The van der Waals surface area contributed by atoms with Crippen LogP contribution in [0.3, 0.4) is 0 Å². The number of anilines is 1. The first kappa shape index (κ1) is 10.1. The quantitative estimate of drug-likeness (QED) is 0.773. The summed E-state index contributed by atoms with van der Waals surface area (Å²) in [5.41, 5.74) is 0. The lowest BCUT2D eigenvalue weighted by Gasteiger charge is -2.11. The number of hydrogen-bond acceptors (Lipinski definition) is 4. The van der Waals surface area contributed by atoms with Crippen molar-refractivity contribution in [1.82, 2.24) is 10.2 Å². The normalized spacial score (nSPS) is 14.9. The summed E-state index contributed by atoms with van der Waals surface area (Å²) in [4.78, 5) is 0. The average molecular weight is 199 g/mol. The summed E-state index contributed by atoms with van der Waals surface area (Å²) in [7, 11) is -0.780. The molecule has 0 saturated heterocycles. The lowest BCUT2D eigenvalue weighted by molar-refractivity contribution is 0.682. The van der Waals surface area contributed by atoms with Gasteiger partial charge in [0, 0.05) is 35.0 Å². The van der Waals surface area contributed by atoms with E-state index in [1.165, 1.54) is 0 Å². The second-order valence-electron chi connectivity index (χ2n) is 2.89. The number of hydrogen-bond donors (Lipinski definition) is 1. The van der Waals surface area contributed by atoms with Gasteiger partial charge in [0.1, 0.15) is 5.82 Å². The zero-order valence-electron chi connectivity index (χ0n) is 7.73. The minimum absolute atomic E-state index is 0.155. The Balaban J connectivity index is 2.45. The third-order valence-electron chi connectivity index (χ3n) is 1.45. The van der Waals surface area contributed by atoms with E-state index in [9.17, 15) is 4.21 Å². The van der Waals surface area contributed by atoms with E-state index >= 15 is 0 Å². The molecule has 1 N–H and O–H groups in total. The highest BCUT2D eigenvalue weighted by molar-refractivity contribution is 7.84. The molecule has 0 saturated carbocycles. The van der Waals surface area contributed by atoms with Gasteiger partial charge in [0.05, 0.1) is 0 Å². The minimum Gasteiger partial charge on any atom is -0.365 e. The van der Waals surface area contributed by atoms with E-state index in [0.717, 1.165) is 5.82 Å². The van der Waals surface area contributed by atoms with Crippen LogP contribution < -0.4 is 5.32 Å². The second kappa shape index (κ2) is 4.91. The lowest BCUT2D eigenvalue weighted by Crippen LogP contribution is -2.22. The van der Waals surface area contributed by atoms with E-state index in [-0.39, 0.29) is 6.04 Å². The van der Waals surface area contributed by atoms with Crippen LogP contribution in [-0.4, -0.2) is 32.5 Å². The first-order valence-electron chi connectivity index (χ1n) is 4.03. The average Bonchev–Trinajstić information content (AvgIpc) is 2.04. The van der Waals surface area contributed by atoms with Crippen LogP contribution in [0.5, 0.6) is 0 Å². The molecule has 72 valence electrons. The lowest BCUT2D eigenvalue weighted by atomic mass is 10.4. The maximum absolute atomic E-state index is 10.9. The molecular weight excluding hydrogens is 186 g/mol. The Bertz CT molecular complexity index is 278. The predicted octanol–water partition coefficient (Wildman–Crippen LogP) is 0.655. The summed E-state index contributed by atoms with van der Waals surface area (Å²) in [5, 5.41) is 10.7. The molecule has 0 spiro atoms. The number of nitrogens with one attached hydrogen (secondary N) is 1. The zero-order valence-corrected chi connectivity index (χ0v) is 8.54. The third kappa shape index (κ3) is 3.98. The number of nitrogens with zero attached hydrogens (tertiary/aromatic N) is 2. The van der Waals surface area contributed by atoms with Gasteiger partial charge in [0.25, 0.3) is 0 Å². The van der Waals surface area contributed by atoms with Crippen LogP contribution in [0.4, 0.5) is 5.82 Å². The first-order chi connectivity index (χ1) is 6.18. The van der Waals surface area contributed by atoms with Crippen molar-refractivity contribution in [2.45, 2.75) is 13.0 Å². The zero-order chi connectivity index (χ0) is 9.68. The van der Waals surface area contributed by atoms with Gasteiger partial charge in [0.15, 0.2) is 0 Å². The highest BCUT2D eigenvalue weighted by Crippen LogP contribution is 2.01. The molecule has 1 rings (SSSR count). The molecule has 5 heteroatoms. The molecule has 0 radical (unpaired) electrons. The monoisotopic (exact) mass is 199 g/mol. The standard InChI is InChI=1S/C8H13N3OS/c1-7(6-13(2)12)10-8-4-3-5-9-11-8/h3-5,7H,6H2,1-2H3,(H,10,11). The van der Waals surface area contributed by atoms with Gasteiger partial charge >= 0.3 is 0 Å². The Labute approximate surface area is 80.2 Å². The predicted molar refractivity (Wildman–Crippen MR) is 54.1 cm³/mol. The first-order valence-corrected chi connectivity index (χ1v) is 5.75. The Hall–Kier alpha value is -0.970. The summed E-state index contributed by atoms with van der Waals surface area (Å²) in [6.45, 7) is 1.97. The second-order valence-corrected chi connectivity index (χ2v) is 4.37. The molecule has 2 unspecified atom stereocenters. The van der Waals surface area contributed by atoms with Crippen molar-refractivity contribution in [3.05, 3.63) is 18.3 Å². The fourth-order valence-corrected chi connectivity index (χ4v) is 1.81.